The summed E-state index contributed by atoms with van der Waals surface area (Å²) in [6.45, 7) is 1.93. The summed E-state index contributed by atoms with van der Waals surface area (Å²) in [5, 5.41) is 17.5. The Balaban J connectivity index is 1.70. The van der Waals surface area contributed by atoms with Gasteiger partial charge in [0.05, 0.1) is 18.5 Å². The Labute approximate surface area is 125 Å². The largest absolute Gasteiger partial charge is 0.386 e. The predicted octanol–water partition coefficient (Wildman–Crippen LogP) is 0.979. The van der Waals surface area contributed by atoms with Crippen LogP contribution < -0.4 is 10.9 Å². The molecule has 2 N–H and O–H groups in total. The van der Waals surface area contributed by atoms with Gasteiger partial charge in [-0.05, 0) is 34.7 Å². The fraction of sp³-hybridized carbons (Fsp3) is 0.692. The number of rotatable bonds is 5. The molecule has 0 bridgehead atoms. The van der Waals surface area contributed by atoms with Crippen molar-refractivity contribution in [3.63, 3.8) is 0 Å². The van der Waals surface area contributed by atoms with Crippen LogP contribution in [0.2, 0.25) is 0 Å². The topological polar surface area (TPSA) is 76.4 Å². The minimum absolute atomic E-state index is 0.128. The molecular formula is C13H18BrN3O3. The van der Waals surface area contributed by atoms with Gasteiger partial charge in [0.2, 0.25) is 0 Å². The summed E-state index contributed by atoms with van der Waals surface area (Å²) in [5.41, 5.74) is -0.374. The van der Waals surface area contributed by atoms with E-state index in [9.17, 15) is 9.90 Å². The van der Waals surface area contributed by atoms with Crippen molar-refractivity contribution < 1.29 is 9.84 Å². The Morgan fingerprint density at radius 3 is 3.05 bits per heavy atom. The van der Waals surface area contributed by atoms with Crippen LogP contribution in [0.5, 0.6) is 0 Å². The van der Waals surface area contributed by atoms with Gasteiger partial charge in [0.15, 0.2) is 0 Å². The van der Waals surface area contributed by atoms with Gasteiger partial charge in [-0.15, -0.1) is 0 Å². The molecule has 6 nitrogen and oxygen atoms in total. The minimum Gasteiger partial charge on any atom is -0.386 e. The fourth-order valence-corrected chi connectivity index (χ4v) is 2.71. The number of hydrogen-bond acceptors (Lipinski definition) is 5. The third-order valence-corrected chi connectivity index (χ3v) is 4.57. The molecule has 1 saturated heterocycles. The third kappa shape index (κ3) is 3.05. The summed E-state index contributed by atoms with van der Waals surface area (Å²) in [5.74, 6) is 0.599. The maximum Gasteiger partial charge on any atom is 0.283 e. The summed E-state index contributed by atoms with van der Waals surface area (Å²) in [6.07, 6.45) is 4.59. The van der Waals surface area contributed by atoms with E-state index < -0.39 is 5.60 Å². The molecule has 110 valence electrons. The van der Waals surface area contributed by atoms with Crippen molar-refractivity contribution in [2.45, 2.75) is 31.4 Å². The van der Waals surface area contributed by atoms with Gasteiger partial charge in [-0.25, -0.2) is 4.68 Å². The lowest BCUT2D eigenvalue weighted by atomic mass is 10.0. The molecule has 0 radical (unpaired) electrons. The van der Waals surface area contributed by atoms with Gasteiger partial charge < -0.3 is 15.2 Å². The van der Waals surface area contributed by atoms with Gasteiger partial charge in [0, 0.05) is 26.1 Å². The van der Waals surface area contributed by atoms with Crippen molar-refractivity contribution in [1.29, 1.82) is 0 Å². The number of aromatic nitrogens is 2. The van der Waals surface area contributed by atoms with Crippen LogP contribution in [-0.2, 0) is 11.3 Å². The molecule has 1 atom stereocenters. The van der Waals surface area contributed by atoms with Gasteiger partial charge in [-0.1, -0.05) is 0 Å². The molecule has 0 amide bonds. The molecule has 2 aliphatic rings. The summed E-state index contributed by atoms with van der Waals surface area (Å²) < 4.78 is 7.16. The zero-order valence-corrected chi connectivity index (χ0v) is 12.7. The quantitative estimate of drug-likeness (QED) is 0.833. The SMILES string of the molecule is O=c1c(Br)c(NCC2(O)CCOC2)cnn1CC1CC1. The second-order valence-corrected chi connectivity index (χ2v) is 6.48. The van der Waals surface area contributed by atoms with E-state index in [-0.39, 0.29) is 5.56 Å². The Hall–Kier alpha value is -0.920. The molecule has 2 fully saturated rings. The third-order valence-electron chi connectivity index (χ3n) is 3.80. The van der Waals surface area contributed by atoms with Crippen LogP contribution in [0.4, 0.5) is 5.69 Å². The maximum atomic E-state index is 12.2. The van der Waals surface area contributed by atoms with E-state index in [1.54, 1.807) is 6.20 Å². The van der Waals surface area contributed by atoms with E-state index in [1.165, 1.54) is 17.5 Å². The minimum atomic E-state index is -0.859. The highest BCUT2D eigenvalue weighted by molar-refractivity contribution is 9.10. The number of nitrogens with one attached hydrogen (secondary N) is 1. The number of ether oxygens (including phenoxy) is 1. The molecule has 1 saturated carbocycles. The number of hydrogen-bond donors (Lipinski definition) is 2. The summed E-state index contributed by atoms with van der Waals surface area (Å²) in [6, 6.07) is 0. The first-order valence-electron chi connectivity index (χ1n) is 6.87. The summed E-state index contributed by atoms with van der Waals surface area (Å²) >= 11 is 3.32. The molecule has 1 unspecified atom stereocenters. The number of nitrogens with zero attached hydrogens (tertiary/aromatic N) is 2. The maximum absolute atomic E-state index is 12.2. The number of halogens is 1. The number of anilines is 1. The average Bonchev–Trinajstić information content (AvgIpc) is 3.14. The zero-order chi connectivity index (χ0) is 14.2. The monoisotopic (exact) mass is 343 g/mol. The van der Waals surface area contributed by atoms with Crippen molar-refractivity contribution in [3.05, 3.63) is 21.0 Å². The first kappa shape index (κ1) is 14.0. The van der Waals surface area contributed by atoms with E-state index >= 15 is 0 Å². The van der Waals surface area contributed by atoms with Crippen molar-refractivity contribution in [2.75, 3.05) is 25.1 Å². The van der Waals surface area contributed by atoms with Gasteiger partial charge in [0.25, 0.3) is 5.56 Å². The molecule has 1 aromatic heterocycles. The highest BCUT2D eigenvalue weighted by Crippen LogP contribution is 2.30. The lowest BCUT2D eigenvalue weighted by Gasteiger charge is -2.21. The highest BCUT2D eigenvalue weighted by atomic mass is 79.9. The van der Waals surface area contributed by atoms with Crippen LogP contribution in [0, 0.1) is 5.92 Å². The second-order valence-electron chi connectivity index (χ2n) is 5.68. The molecule has 0 aromatic carbocycles. The molecular weight excluding hydrogens is 326 g/mol. The Bertz CT molecular complexity index is 550. The second kappa shape index (κ2) is 5.46. The molecule has 1 aliphatic carbocycles. The van der Waals surface area contributed by atoms with Crippen LogP contribution in [0.3, 0.4) is 0 Å². The normalized spacial score (nSPS) is 25.9. The van der Waals surface area contributed by atoms with Gasteiger partial charge in [0.1, 0.15) is 10.1 Å². The highest BCUT2D eigenvalue weighted by Gasteiger charge is 2.32. The lowest BCUT2D eigenvalue weighted by molar-refractivity contribution is 0.0382. The van der Waals surface area contributed by atoms with Crippen LogP contribution in [0.1, 0.15) is 19.3 Å². The van der Waals surface area contributed by atoms with E-state index in [0.29, 0.717) is 48.8 Å². The van der Waals surface area contributed by atoms with Crippen LogP contribution in [0.25, 0.3) is 0 Å². The molecule has 7 heteroatoms. The standard InChI is InChI=1S/C13H18BrN3O3/c14-11-10(15-7-13(19)3-4-20-8-13)5-16-17(12(11)18)6-9-1-2-9/h5,9,15,19H,1-4,6-8H2. The predicted molar refractivity (Wildman–Crippen MR) is 77.8 cm³/mol. The van der Waals surface area contributed by atoms with Crippen molar-refractivity contribution in [2.24, 2.45) is 5.92 Å². The molecule has 1 aliphatic heterocycles. The first-order valence-corrected chi connectivity index (χ1v) is 7.66. The first-order chi connectivity index (χ1) is 9.57. The Morgan fingerprint density at radius 1 is 1.60 bits per heavy atom. The van der Waals surface area contributed by atoms with Crippen molar-refractivity contribution in [1.82, 2.24) is 9.78 Å². The van der Waals surface area contributed by atoms with Crippen LogP contribution in [0.15, 0.2) is 15.5 Å². The molecule has 0 spiro atoms. The van der Waals surface area contributed by atoms with Crippen molar-refractivity contribution in [3.8, 4) is 0 Å². The Morgan fingerprint density at radius 2 is 2.40 bits per heavy atom. The van der Waals surface area contributed by atoms with E-state index in [1.807, 2.05) is 0 Å². The van der Waals surface area contributed by atoms with Crippen LogP contribution in [-0.4, -0.2) is 40.2 Å². The Kier molecular flexibility index (Phi) is 3.83. The van der Waals surface area contributed by atoms with Crippen LogP contribution >= 0.6 is 15.9 Å². The van der Waals surface area contributed by atoms with Gasteiger partial charge in [-0.3, -0.25) is 4.79 Å². The molecule has 3 rings (SSSR count). The van der Waals surface area contributed by atoms with E-state index in [2.05, 4.69) is 26.3 Å². The average molecular weight is 344 g/mol. The molecule has 20 heavy (non-hydrogen) atoms. The summed E-state index contributed by atoms with van der Waals surface area (Å²) in [7, 11) is 0. The zero-order valence-electron chi connectivity index (χ0n) is 11.1. The summed E-state index contributed by atoms with van der Waals surface area (Å²) in [4.78, 5) is 12.2. The van der Waals surface area contributed by atoms with Gasteiger partial charge >= 0.3 is 0 Å². The lowest BCUT2D eigenvalue weighted by Crippen LogP contribution is -2.37. The molecule has 1 aromatic rings. The molecule has 2 heterocycles. The van der Waals surface area contributed by atoms with Gasteiger partial charge in [-0.2, -0.15) is 5.10 Å². The fourth-order valence-electron chi connectivity index (χ4n) is 2.26. The van der Waals surface area contributed by atoms with Crippen molar-refractivity contribution >= 4 is 21.6 Å². The van der Waals surface area contributed by atoms with E-state index in [4.69, 9.17) is 4.74 Å². The smallest absolute Gasteiger partial charge is 0.283 e. The van der Waals surface area contributed by atoms with E-state index in [0.717, 1.165) is 0 Å². The number of aliphatic hydroxyl groups is 1.